The first kappa shape index (κ1) is 18.6. The third kappa shape index (κ3) is 5.66. The highest BCUT2D eigenvalue weighted by molar-refractivity contribution is 5.79. The molecular weight excluding hydrogens is 337 g/mol. The summed E-state index contributed by atoms with van der Waals surface area (Å²) in [5.74, 6) is 0.905. The van der Waals surface area contributed by atoms with E-state index in [2.05, 4.69) is 30.6 Å². The molecule has 0 atom stereocenters. The van der Waals surface area contributed by atoms with Crippen molar-refractivity contribution in [3.05, 3.63) is 42.0 Å². The summed E-state index contributed by atoms with van der Waals surface area (Å²) >= 11 is 0. The van der Waals surface area contributed by atoms with Gasteiger partial charge in [-0.05, 0) is 13.0 Å². The zero-order chi connectivity index (χ0) is 18.3. The molecule has 0 saturated heterocycles. The maximum Gasteiger partial charge on any atom is 0.573 e. The van der Waals surface area contributed by atoms with Gasteiger partial charge in [0.1, 0.15) is 12.1 Å². The van der Waals surface area contributed by atoms with E-state index in [9.17, 15) is 13.2 Å². The lowest BCUT2D eigenvalue weighted by Gasteiger charge is -2.15. The Morgan fingerprint density at radius 1 is 1.24 bits per heavy atom. The smallest absolute Gasteiger partial charge is 0.405 e. The maximum absolute atomic E-state index is 12.4. The second-order valence-electron chi connectivity index (χ2n) is 4.97. The predicted molar refractivity (Wildman–Crippen MR) is 85.9 cm³/mol. The molecule has 0 unspecified atom stereocenters. The van der Waals surface area contributed by atoms with Crippen LogP contribution in [0.3, 0.4) is 0 Å². The van der Waals surface area contributed by atoms with E-state index in [1.807, 2.05) is 11.5 Å². The summed E-state index contributed by atoms with van der Waals surface area (Å²) in [4.78, 5) is 4.04. The normalized spacial score (nSPS) is 12.1. The number of aliphatic imine (C=N–C) groups is 1. The summed E-state index contributed by atoms with van der Waals surface area (Å²) < 4.78 is 43.2. The Labute approximate surface area is 142 Å². The third-order valence-electron chi connectivity index (χ3n) is 3.32. The van der Waals surface area contributed by atoms with Crippen LogP contribution in [0, 0.1) is 0 Å². The Balaban J connectivity index is 1.95. The monoisotopic (exact) mass is 356 g/mol. The van der Waals surface area contributed by atoms with Gasteiger partial charge in [-0.3, -0.25) is 4.99 Å². The Morgan fingerprint density at radius 3 is 2.64 bits per heavy atom. The lowest BCUT2D eigenvalue weighted by molar-refractivity contribution is -0.274. The van der Waals surface area contributed by atoms with Crippen LogP contribution in [0.25, 0.3) is 0 Å². The van der Waals surface area contributed by atoms with Gasteiger partial charge in [0.05, 0.1) is 6.54 Å². The quantitative estimate of drug-likeness (QED) is 0.612. The van der Waals surface area contributed by atoms with Crippen LogP contribution in [0.5, 0.6) is 5.75 Å². The van der Waals surface area contributed by atoms with Crippen LogP contribution >= 0.6 is 0 Å². The van der Waals surface area contributed by atoms with E-state index in [4.69, 9.17) is 0 Å². The molecule has 1 heterocycles. The van der Waals surface area contributed by atoms with Gasteiger partial charge in [0.25, 0.3) is 0 Å². The first-order chi connectivity index (χ1) is 11.9. The van der Waals surface area contributed by atoms with Crippen molar-refractivity contribution in [3.8, 4) is 5.75 Å². The molecule has 136 valence electrons. The fourth-order valence-corrected chi connectivity index (χ4v) is 2.12. The van der Waals surface area contributed by atoms with Crippen LogP contribution in [-0.2, 0) is 19.6 Å². The molecular formula is C15H19F3N6O. The Morgan fingerprint density at radius 2 is 1.96 bits per heavy atom. The first-order valence-electron chi connectivity index (χ1n) is 7.57. The van der Waals surface area contributed by atoms with E-state index < -0.39 is 6.36 Å². The van der Waals surface area contributed by atoms with Crippen molar-refractivity contribution in [2.75, 3.05) is 7.05 Å². The van der Waals surface area contributed by atoms with Gasteiger partial charge in [-0.1, -0.05) is 18.2 Å². The summed E-state index contributed by atoms with van der Waals surface area (Å²) in [6.07, 6.45) is -3.11. The number of halogens is 3. The second kappa shape index (κ2) is 8.36. The average Bonchev–Trinajstić information content (AvgIpc) is 3.02. The fraction of sp³-hybridized carbons (Fsp3) is 0.400. The van der Waals surface area contributed by atoms with Gasteiger partial charge < -0.3 is 19.9 Å². The van der Waals surface area contributed by atoms with Gasteiger partial charge >= 0.3 is 6.36 Å². The Hall–Kier alpha value is -2.78. The highest BCUT2D eigenvalue weighted by atomic mass is 19.4. The number of para-hydroxylation sites is 1. The minimum atomic E-state index is -4.74. The molecule has 2 N–H and O–H groups in total. The van der Waals surface area contributed by atoms with E-state index in [0.717, 1.165) is 12.4 Å². The summed E-state index contributed by atoms with van der Waals surface area (Å²) in [5.41, 5.74) is 0.361. The minimum absolute atomic E-state index is 0.117. The van der Waals surface area contributed by atoms with Crippen molar-refractivity contribution < 1.29 is 17.9 Å². The molecule has 0 saturated carbocycles. The molecule has 0 radical (unpaired) electrons. The molecule has 0 spiro atoms. The van der Waals surface area contributed by atoms with Crippen molar-refractivity contribution in [2.24, 2.45) is 4.99 Å². The number of hydrogen-bond donors (Lipinski definition) is 2. The third-order valence-corrected chi connectivity index (χ3v) is 3.32. The standard InChI is InChI=1S/C15H19F3N6O/c1-3-24-10-22-23-13(24)9-21-14(19-2)20-8-11-6-4-5-7-12(11)25-15(16,17)18/h4-7,10H,3,8-9H2,1-2H3,(H2,19,20,21). The second-order valence-corrected chi connectivity index (χ2v) is 4.97. The molecule has 1 aromatic heterocycles. The first-order valence-corrected chi connectivity index (χ1v) is 7.57. The van der Waals surface area contributed by atoms with Crippen molar-refractivity contribution in [1.82, 2.24) is 25.4 Å². The van der Waals surface area contributed by atoms with E-state index in [-0.39, 0.29) is 12.3 Å². The average molecular weight is 356 g/mol. The van der Waals surface area contributed by atoms with Crippen LogP contribution < -0.4 is 15.4 Å². The van der Waals surface area contributed by atoms with Gasteiger partial charge in [0.2, 0.25) is 0 Å². The van der Waals surface area contributed by atoms with Gasteiger partial charge in [0, 0.05) is 25.7 Å². The number of guanidine groups is 1. The number of nitrogens with one attached hydrogen (secondary N) is 2. The lowest BCUT2D eigenvalue weighted by atomic mass is 10.2. The number of hydrogen-bond acceptors (Lipinski definition) is 4. The number of aryl methyl sites for hydroxylation is 1. The molecule has 0 fully saturated rings. The van der Waals surface area contributed by atoms with Crippen molar-refractivity contribution in [2.45, 2.75) is 32.9 Å². The molecule has 1 aromatic carbocycles. The van der Waals surface area contributed by atoms with Crippen LogP contribution in [0.2, 0.25) is 0 Å². The molecule has 0 aliphatic heterocycles. The fourth-order valence-electron chi connectivity index (χ4n) is 2.12. The zero-order valence-electron chi connectivity index (χ0n) is 13.8. The number of benzene rings is 1. The van der Waals surface area contributed by atoms with E-state index in [0.29, 0.717) is 18.1 Å². The van der Waals surface area contributed by atoms with E-state index >= 15 is 0 Å². The number of ether oxygens (including phenoxy) is 1. The molecule has 0 aliphatic carbocycles. The van der Waals surface area contributed by atoms with Crippen molar-refractivity contribution in [1.29, 1.82) is 0 Å². The van der Waals surface area contributed by atoms with Gasteiger partial charge in [-0.2, -0.15) is 0 Å². The number of alkyl halides is 3. The molecule has 2 rings (SSSR count). The largest absolute Gasteiger partial charge is 0.573 e. The predicted octanol–water partition coefficient (Wildman–Crippen LogP) is 2.06. The van der Waals surface area contributed by atoms with E-state index in [1.54, 1.807) is 25.5 Å². The summed E-state index contributed by atoms with van der Waals surface area (Å²) in [5, 5.41) is 13.8. The van der Waals surface area contributed by atoms with Gasteiger partial charge in [-0.15, -0.1) is 23.4 Å². The topological polar surface area (TPSA) is 76.4 Å². The van der Waals surface area contributed by atoms with Crippen LogP contribution in [0.4, 0.5) is 13.2 Å². The Bertz CT molecular complexity index is 713. The van der Waals surface area contributed by atoms with Crippen molar-refractivity contribution in [3.63, 3.8) is 0 Å². The number of aromatic nitrogens is 3. The number of nitrogens with zero attached hydrogens (tertiary/aromatic N) is 4. The SMILES string of the molecule is CCn1cnnc1CNC(=NC)NCc1ccccc1OC(F)(F)F. The van der Waals surface area contributed by atoms with Crippen LogP contribution in [0.15, 0.2) is 35.6 Å². The van der Waals surface area contributed by atoms with Crippen LogP contribution in [-0.4, -0.2) is 34.1 Å². The summed E-state index contributed by atoms with van der Waals surface area (Å²) in [6, 6.07) is 5.94. The molecule has 2 aromatic rings. The lowest BCUT2D eigenvalue weighted by Crippen LogP contribution is -2.37. The van der Waals surface area contributed by atoms with Gasteiger partial charge in [0.15, 0.2) is 11.8 Å². The van der Waals surface area contributed by atoms with Crippen LogP contribution in [0.1, 0.15) is 18.3 Å². The molecule has 0 aliphatic rings. The molecule has 7 nitrogen and oxygen atoms in total. The zero-order valence-corrected chi connectivity index (χ0v) is 13.8. The van der Waals surface area contributed by atoms with Gasteiger partial charge in [-0.25, -0.2) is 0 Å². The molecule has 25 heavy (non-hydrogen) atoms. The number of rotatable bonds is 6. The van der Waals surface area contributed by atoms with Crippen molar-refractivity contribution >= 4 is 5.96 Å². The molecule has 0 amide bonds. The Kier molecular flexibility index (Phi) is 6.20. The molecule has 0 bridgehead atoms. The molecule has 10 heteroatoms. The maximum atomic E-state index is 12.4. The minimum Gasteiger partial charge on any atom is -0.405 e. The van der Waals surface area contributed by atoms with E-state index in [1.165, 1.54) is 12.1 Å². The summed E-state index contributed by atoms with van der Waals surface area (Å²) in [6.45, 7) is 3.20. The highest BCUT2D eigenvalue weighted by Crippen LogP contribution is 2.25. The summed E-state index contributed by atoms with van der Waals surface area (Å²) in [7, 11) is 1.57. The highest BCUT2D eigenvalue weighted by Gasteiger charge is 2.31.